The molecular weight excluding hydrogens is 166 g/mol. The van der Waals surface area contributed by atoms with Crippen LogP contribution in [0.5, 0.6) is 0 Å². The van der Waals surface area contributed by atoms with Gasteiger partial charge in [0.15, 0.2) is 6.29 Å². The van der Waals surface area contributed by atoms with E-state index in [2.05, 4.69) is 30.7 Å². The second kappa shape index (κ2) is 3.16. The summed E-state index contributed by atoms with van der Waals surface area (Å²) >= 11 is 0. The normalized spacial score (nSPS) is 27.3. The molecule has 0 amide bonds. The van der Waals surface area contributed by atoms with Crippen LogP contribution < -0.4 is 0 Å². The average Bonchev–Trinajstić information content (AvgIpc) is 2.40. The summed E-state index contributed by atoms with van der Waals surface area (Å²) in [5, 5.41) is 0. The summed E-state index contributed by atoms with van der Waals surface area (Å²) in [5.74, 6) is 0. The number of rotatable bonds is 2. The van der Waals surface area contributed by atoms with Crippen molar-refractivity contribution >= 4 is 0 Å². The zero-order valence-electron chi connectivity index (χ0n) is 8.28. The molecule has 1 fully saturated rings. The van der Waals surface area contributed by atoms with Crippen LogP contribution in [-0.4, -0.2) is 10.9 Å². The van der Waals surface area contributed by atoms with Gasteiger partial charge in [0.05, 0.1) is 5.69 Å². The quantitative estimate of drug-likeness (QED) is 0.698. The van der Waals surface area contributed by atoms with E-state index < -0.39 is 0 Å². The van der Waals surface area contributed by atoms with Gasteiger partial charge in [0.1, 0.15) is 0 Å². The minimum atomic E-state index is -0.149. The van der Waals surface area contributed by atoms with Crippen molar-refractivity contribution in [2.75, 3.05) is 0 Å². The van der Waals surface area contributed by atoms with Gasteiger partial charge in [-0.2, -0.15) is 0 Å². The second-order valence-corrected chi connectivity index (χ2v) is 3.40. The summed E-state index contributed by atoms with van der Waals surface area (Å²) in [5.41, 5.74) is 2.38. The van der Waals surface area contributed by atoms with Gasteiger partial charge >= 0.3 is 0 Å². The van der Waals surface area contributed by atoms with E-state index in [1.807, 2.05) is 6.92 Å². The van der Waals surface area contributed by atoms with E-state index in [-0.39, 0.29) is 12.6 Å². The largest absolute Gasteiger partial charge is 0.347 e. The predicted octanol–water partition coefficient (Wildman–Crippen LogP) is 2.21. The summed E-state index contributed by atoms with van der Waals surface area (Å²) < 4.78 is 13.0. The fraction of sp³-hybridized carbons (Fsp3) is 0.600. The number of aryl methyl sites for hydroxylation is 2. The molecule has 1 saturated heterocycles. The number of aromatic nitrogens is 1. The van der Waals surface area contributed by atoms with Crippen LogP contribution >= 0.6 is 0 Å². The summed E-state index contributed by atoms with van der Waals surface area (Å²) in [6.07, 6.45) is 1.92. The fourth-order valence-corrected chi connectivity index (χ4v) is 1.65. The molecule has 1 aliphatic heterocycles. The van der Waals surface area contributed by atoms with Crippen molar-refractivity contribution in [3.8, 4) is 0 Å². The molecule has 1 aliphatic rings. The van der Waals surface area contributed by atoms with E-state index >= 15 is 0 Å². The molecule has 2 rings (SSSR count). The van der Waals surface area contributed by atoms with Gasteiger partial charge in [-0.15, -0.1) is 0 Å². The molecule has 1 aromatic rings. The Bertz CT molecular complexity index is 300. The maximum absolute atomic E-state index is 5.44. The molecule has 1 aromatic heterocycles. The molecule has 72 valence electrons. The molecule has 0 aliphatic carbocycles. The molecule has 0 radical (unpaired) electrons. The molecule has 0 saturated carbocycles. The molecule has 0 unspecified atom stereocenters. The lowest BCUT2D eigenvalue weighted by atomic mass is 10.3. The third kappa shape index (κ3) is 1.49. The Morgan fingerprint density at radius 1 is 1.46 bits per heavy atom. The molecular formula is C10H15NO2. The van der Waals surface area contributed by atoms with Gasteiger partial charge in [-0.05, 0) is 32.4 Å². The van der Waals surface area contributed by atoms with Crippen LogP contribution in [-0.2, 0) is 16.0 Å². The van der Waals surface area contributed by atoms with Crippen molar-refractivity contribution in [1.29, 1.82) is 0 Å². The first-order valence-electron chi connectivity index (χ1n) is 4.68. The number of hydrogen-bond donors (Lipinski definition) is 0. The average molecular weight is 181 g/mol. The highest BCUT2D eigenvalue weighted by atomic mass is 16.9. The van der Waals surface area contributed by atoms with Crippen molar-refractivity contribution in [2.24, 2.45) is 0 Å². The van der Waals surface area contributed by atoms with Crippen molar-refractivity contribution in [2.45, 2.75) is 39.9 Å². The zero-order valence-corrected chi connectivity index (χ0v) is 8.28. The fourth-order valence-electron chi connectivity index (χ4n) is 1.65. The number of ether oxygens (including phenoxy) is 2. The van der Waals surface area contributed by atoms with E-state index in [0.29, 0.717) is 0 Å². The van der Waals surface area contributed by atoms with E-state index in [4.69, 9.17) is 9.47 Å². The molecule has 0 aromatic carbocycles. The SMILES string of the molecule is CCn1cc(C)cc1C1OC(C)O1. The van der Waals surface area contributed by atoms with Gasteiger partial charge in [-0.3, -0.25) is 0 Å². The predicted molar refractivity (Wildman–Crippen MR) is 49.2 cm³/mol. The van der Waals surface area contributed by atoms with E-state index in [9.17, 15) is 0 Å². The van der Waals surface area contributed by atoms with Crippen LogP contribution in [0.1, 0.15) is 31.4 Å². The van der Waals surface area contributed by atoms with Crippen molar-refractivity contribution < 1.29 is 9.47 Å². The van der Waals surface area contributed by atoms with Crippen LogP contribution in [0.25, 0.3) is 0 Å². The molecule has 0 atom stereocenters. The topological polar surface area (TPSA) is 23.4 Å². The van der Waals surface area contributed by atoms with E-state index in [1.165, 1.54) is 5.56 Å². The summed E-state index contributed by atoms with van der Waals surface area (Å²) in [6, 6.07) is 2.11. The van der Waals surface area contributed by atoms with Crippen molar-refractivity contribution in [1.82, 2.24) is 4.57 Å². The highest BCUT2D eigenvalue weighted by molar-refractivity contribution is 5.18. The van der Waals surface area contributed by atoms with Gasteiger partial charge in [0, 0.05) is 12.7 Å². The highest BCUT2D eigenvalue weighted by Crippen LogP contribution is 2.32. The Balaban J connectivity index is 2.19. The second-order valence-electron chi connectivity index (χ2n) is 3.40. The van der Waals surface area contributed by atoms with Gasteiger partial charge in [0.2, 0.25) is 6.29 Å². The Kier molecular flexibility index (Phi) is 2.14. The standard InChI is InChI=1S/C10H15NO2/c1-4-11-6-7(2)5-9(11)10-12-8(3)13-10/h5-6,8,10H,4H2,1-3H3. The first kappa shape index (κ1) is 8.78. The maximum Gasteiger partial charge on any atom is 0.204 e. The molecule has 3 nitrogen and oxygen atoms in total. The summed E-state index contributed by atoms with van der Waals surface area (Å²) in [7, 11) is 0. The Labute approximate surface area is 78.3 Å². The molecule has 13 heavy (non-hydrogen) atoms. The zero-order chi connectivity index (χ0) is 9.42. The lowest BCUT2D eigenvalue weighted by molar-refractivity contribution is -0.384. The molecule has 3 heteroatoms. The van der Waals surface area contributed by atoms with Crippen molar-refractivity contribution in [3.05, 3.63) is 23.5 Å². The monoisotopic (exact) mass is 181 g/mol. The Morgan fingerprint density at radius 2 is 2.15 bits per heavy atom. The molecule has 0 N–H and O–H groups in total. The molecule has 0 spiro atoms. The third-order valence-corrected chi connectivity index (χ3v) is 2.28. The first-order valence-corrected chi connectivity index (χ1v) is 4.68. The van der Waals surface area contributed by atoms with Crippen LogP contribution in [0.2, 0.25) is 0 Å². The lowest BCUT2D eigenvalue weighted by Crippen LogP contribution is -2.32. The Hall–Kier alpha value is -0.800. The van der Waals surface area contributed by atoms with Gasteiger partial charge < -0.3 is 14.0 Å². The molecule has 2 heterocycles. The van der Waals surface area contributed by atoms with E-state index in [1.54, 1.807) is 0 Å². The van der Waals surface area contributed by atoms with Crippen LogP contribution in [0.3, 0.4) is 0 Å². The van der Waals surface area contributed by atoms with Crippen LogP contribution in [0, 0.1) is 6.92 Å². The van der Waals surface area contributed by atoms with Crippen LogP contribution in [0.4, 0.5) is 0 Å². The minimum absolute atomic E-state index is 0.0505. The van der Waals surface area contributed by atoms with Crippen LogP contribution in [0.15, 0.2) is 12.3 Å². The van der Waals surface area contributed by atoms with Gasteiger partial charge in [-0.1, -0.05) is 0 Å². The molecule has 0 bridgehead atoms. The maximum atomic E-state index is 5.44. The highest BCUT2D eigenvalue weighted by Gasteiger charge is 2.30. The summed E-state index contributed by atoms with van der Waals surface area (Å²) in [6.45, 7) is 7.06. The minimum Gasteiger partial charge on any atom is -0.347 e. The van der Waals surface area contributed by atoms with Crippen molar-refractivity contribution in [3.63, 3.8) is 0 Å². The lowest BCUT2D eigenvalue weighted by Gasteiger charge is -2.34. The number of nitrogens with zero attached hydrogens (tertiary/aromatic N) is 1. The van der Waals surface area contributed by atoms with E-state index in [0.717, 1.165) is 12.2 Å². The smallest absolute Gasteiger partial charge is 0.204 e. The Morgan fingerprint density at radius 3 is 2.69 bits per heavy atom. The van der Waals surface area contributed by atoms with Gasteiger partial charge in [0.25, 0.3) is 0 Å². The van der Waals surface area contributed by atoms with Gasteiger partial charge in [-0.25, -0.2) is 0 Å². The third-order valence-electron chi connectivity index (χ3n) is 2.28. The summed E-state index contributed by atoms with van der Waals surface area (Å²) in [4.78, 5) is 0. The number of hydrogen-bond acceptors (Lipinski definition) is 2. The first-order chi connectivity index (χ1) is 6.20.